The SMILES string of the molecule is CC(=O)N/N=C\c1cc(Br)c(OCc2cccc([N+](=O)[O-])c2)c(Br)c1. The minimum absolute atomic E-state index is 0.0174. The fourth-order valence-electron chi connectivity index (χ4n) is 1.90. The molecule has 2 aromatic carbocycles. The number of nitrogens with one attached hydrogen (secondary N) is 1. The van der Waals surface area contributed by atoms with Crippen molar-refractivity contribution in [1.29, 1.82) is 0 Å². The Hall–Kier alpha value is -2.26. The van der Waals surface area contributed by atoms with Gasteiger partial charge in [-0.25, -0.2) is 5.43 Å². The van der Waals surface area contributed by atoms with Crippen molar-refractivity contribution >= 4 is 49.7 Å². The molecule has 0 aliphatic rings. The summed E-state index contributed by atoms with van der Waals surface area (Å²) in [5.41, 5.74) is 3.77. The zero-order valence-electron chi connectivity index (χ0n) is 13.0. The lowest BCUT2D eigenvalue weighted by Gasteiger charge is -2.11. The van der Waals surface area contributed by atoms with E-state index in [0.717, 1.165) is 5.56 Å². The number of carbonyl (C=O) groups is 1. The molecule has 7 nitrogen and oxygen atoms in total. The largest absolute Gasteiger partial charge is 0.487 e. The highest BCUT2D eigenvalue weighted by Gasteiger charge is 2.11. The standard InChI is InChI=1S/C16H13Br2N3O4/c1-10(22)20-19-8-12-6-14(17)16(15(18)7-12)25-9-11-3-2-4-13(5-11)21(23)24/h2-8H,9H2,1H3,(H,20,22)/b19-8-. The van der Waals surface area contributed by atoms with E-state index in [-0.39, 0.29) is 18.2 Å². The summed E-state index contributed by atoms with van der Waals surface area (Å²) < 4.78 is 7.11. The monoisotopic (exact) mass is 469 g/mol. The van der Waals surface area contributed by atoms with Gasteiger partial charge in [0.25, 0.3) is 5.69 Å². The van der Waals surface area contributed by atoms with Crippen LogP contribution in [-0.2, 0) is 11.4 Å². The molecule has 0 fully saturated rings. The maximum Gasteiger partial charge on any atom is 0.269 e. The first-order valence-electron chi connectivity index (χ1n) is 7.01. The van der Waals surface area contributed by atoms with Crippen LogP contribution in [0.25, 0.3) is 0 Å². The van der Waals surface area contributed by atoms with Gasteiger partial charge in [-0.1, -0.05) is 12.1 Å². The summed E-state index contributed by atoms with van der Waals surface area (Å²) in [5.74, 6) is 0.300. The van der Waals surface area contributed by atoms with E-state index in [1.807, 2.05) is 0 Å². The number of carbonyl (C=O) groups excluding carboxylic acids is 1. The Balaban J connectivity index is 2.12. The number of hydrazone groups is 1. The summed E-state index contributed by atoms with van der Waals surface area (Å²) >= 11 is 6.84. The second kappa shape index (κ2) is 8.72. The topological polar surface area (TPSA) is 93.8 Å². The third kappa shape index (κ3) is 5.64. The van der Waals surface area contributed by atoms with Crippen LogP contribution in [0.3, 0.4) is 0 Å². The lowest BCUT2D eigenvalue weighted by Crippen LogP contribution is -2.12. The number of amides is 1. The molecule has 2 rings (SSSR count). The summed E-state index contributed by atoms with van der Waals surface area (Å²) in [7, 11) is 0. The lowest BCUT2D eigenvalue weighted by atomic mass is 10.2. The highest BCUT2D eigenvalue weighted by molar-refractivity contribution is 9.11. The number of halogens is 2. The normalized spacial score (nSPS) is 10.7. The Morgan fingerprint density at radius 2 is 2.00 bits per heavy atom. The van der Waals surface area contributed by atoms with E-state index < -0.39 is 4.92 Å². The molecule has 130 valence electrons. The van der Waals surface area contributed by atoms with Gasteiger partial charge < -0.3 is 4.74 Å². The molecular weight excluding hydrogens is 458 g/mol. The van der Waals surface area contributed by atoms with Crippen LogP contribution in [0.5, 0.6) is 5.75 Å². The van der Waals surface area contributed by atoms with Gasteiger partial charge in [-0.05, 0) is 55.1 Å². The number of rotatable bonds is 6. The molecule has 2 aromatic rings. The Morgan fingerprint density at radius 3 is 2.60 bits per heavy atom. The molecule has 0 aliphatic carbocycles. The van der Waals surface area contributed by atoms with Gasteiger partial charge in [-0.15, -0.1) is 0 Å². The molecule has 0 heterocycles. The molecule has 0 aromatic heterocycles. The Kier molecular flexibility index (Phi) is 6.65. The zero-order valence-corrected chi connectivity index (χ0v) is 16.2. The molecule has 25 heavy (non-hydrogen) atoms. The van der Waals surface area contributed by atoms with Gasteiger partial charge >= 0.3 is 0 Å². The maximum atomic E-state index is 10.8. The molecular formula is C16H13Br2N3O4. The predicted octanol–water partition coefficient (Wildman–Crippen LogP) is 4.17. The van der Waals surface area contributed by atoms with E-state index in [1.165, 1.54) is 25.3 Å². The molecule has 9 heteroatoms. The van der Waals surface area contributed by atoms with Crippen LogP contribution < -0.4 is 10.2 Å². The fourth-order valence-corrected chi connectivity index (χ4v) is 3.36. The number of nitrogens with zero attached hydrogens (tertiary/aromatic N) is 2. The van der Waals surface area contributed by atoms with Gasteiger partial charge in [0.05, 0.1) is 20.1 Å². The molecule has 1 N–H and O–H groups in total. The Labute approximate surface area is 160 Å². The number of nitro groups is 1. The van der Waals surface area contributed by atoms with E-state index >= 15 is 0 Å². The average molecular weight is 471 g/mol. The first-order chi connectivity index (χ1) is 11.9. The van der Waals surface area contributed by atoms with Crippen molar-refractivity contribution in [3.05, 3.63) is 66.6 Å². The highest BCUT2D eigenvalue weighted by atomic mass is 79.9. The first-order valence-corrected chi connectivity index (χ1v) is 8.60. The highest BCUT2D eigenvalue weighted by Crippen LogP contribution is 2.35. The van der Waals surface area contributed by atoms with E-state index in [4.69, 9.17) is 4.74 Å². The van der Waals surface area contributed by atoms with E-state index in [9.17, 15) is 14.9 Å². The Morgan fingerprint density at radius 1 is 1.32 bits per heavy atom. The maximum absolute atomic E-state index is 10.8. The van der Waals surface area contributed by atoms with E-state index in [2.05, 4.69) is 42.4 Å². The molecule has 0 unspecified atom stereocenters. The van der Waals surface area contributed by atoms with Crippen molar-refractivity contribution in [2.45, 2.75) is 13.5 Å². The first kappa shape index (κ1) is 19.1. The number of hydrogen-bond donors (Lipinski definition) is 1. The quantitative estimate of drug-likeness (QED) is 0.389. The van der Waals surface area contributed by atoms with Crippen molar-refractivity contribution < 1.29 is 14.5 Å². The Bertz CT molecular complexity index is 817. The molecule has 0 saturated carbocycles. The van der Waals surface area contributed by atoms with Crippen molar-refractivity contribution in [2.24, 2.45) is 5.10 Å². The van der Waals surface area contributed by atoms with Crippen molar-refractivity contribution in [1.82, 2.24) is 5.43 Å². The summed E-state index contributed by atoms with van der Waals surface area (Å²) in [5, 5.41) is 14.6. The summed E-state index contributed by atoms with van der Waals surface area (Å²) in [6.45, 7) is 1.55. The third-order valence-corrected chi connectivity index (χ3v) is 4.14. The average Bonchev–Trinajstić information content (AvgIpc) is 2.54. The molecule has 0 atom stereocenters. The van der Waals surface area contributed by atoms with Crippen LogP contribution in [0.2, 0.25) is 0 Å². The molecule has 0 aliphatic heterocycles. The second-order valence-corrected chi connectivity index (χ2v) is 6.66. The molecule has 0 radical (unpaired) electrons. The predicted molar refractivity (Wildman–Crippen MR) is 101 cm³/mol. The van der Waals surface area contributed by atoms with E-state index in [1.54, 1.807) is 24.3 Å². The van der Waals surface area contributed by atoms with Crippen LogP contribution in [0.15, 0.2) is 50.4 Å². The number of non-ortho nitro benzene ring substituents is 1. The van der Waals surface area contributed by atoms with Crippen LogP contribution in [0.1, 0.15) is 18.1 Å². The van der Waals surface area contributed by atoms with Gasteiger partial charge in [0, 0.05) is 19.1 Å². The van der Waals surface area contributed by atoms with Crippen molar-refractivity contribution in [3.8, 4) is 5.75 Å². The number of ether oxygens (including phenoxy) is 1. The molecule has 0 saturated heterocycles. The van der Waals surface area contributed by atoms with Gasteiger partial charge in [-0.3, -0.25) is 14.9 Å². The second-order valence-electron chi connectivity index (χ2n) is 4.96. The lowest BCUT2D eigenvalue weighted by molar-refractivity contribution is -0.384. The van der Waals surface area contributed by atoms with Crippen molar-refractivity contribution in [3.63, 3.8) is 0 Å². The van der Waals surface area contributed by atoms with Gasteiger partial charge in [0.2, 0.25) is 5.91 Å². The number of hydrogen-bond acceptors (Lipinski definition) is 5. The molecule has 1 amide bonds. The van der Waals surface area contributed by atoms with Crippen LogP contribution >= 0.6 is 31.9 Å². The summed E-state index contributed by atoms with van der Waals surface area (Å²) in [6.07, 6.45) is 1.50. The van der Waals surface area contributed by atoms with Gasteiger partial charge in [0.15, 0.2) is 0 Å². The summed E-state index contributed by atoms with van der Waals surface area (Å²) in [6, 6.07) is 9.82. The number of benzene rings is 2. The van der Waals surface area contributed by atoms with Gasteiger partial charge in [-0.2, -0.15) is 5.10 Å². The molecule has 0 bridgehead atoms. The summed E-state index contributed by atoms with van der Waals surface area (Å²) in [4.78, 5) is 21.2. The van der Waals surface area contributed by atoms with Gasteiger partial charge in [0.1, 0.15) is 12.4 Å². The molecule has 0 spiro atoms. The number of nitro benzene ring substituents is 1. The van der Waals surface area contributed by atoms with Crippen molar-refractivity contribution in [2.75, 3.05) is 0 Å². The minimum atomic E-state index is -0.446. The van der Waals surface area contributed by atoms with Crippen LogP contribution in [0.4, 0.5) is 5.69 Å². The minimum Gasteiger partial charge on any atom is -0.487 e. The van der Waals surface area contributed by atoms with E-state index in [0.29, 0.717) is 20.3 Å². The third-order valence-electron chi connectivity index (χ3n) is 2.96. The smallest absolute Gasteiger partial charge is 0.269 e. The zero-order chi connectivity index (χ0) is 18.4. The van der Waals surface area contributed by atoms with Crippen LogP contribution in [-0.4, -0.2) is 17.0 Å². The van der Waals surface area contributed by atoms with Crippen LogP contribution in [0, 0.1) is 10.1 Å². The fraction of sp³-hybridized carbons (Fsp3) is 0.125.